The quantitative estimate of drug-likeness (QED) is 0.344. The van der Waals surface area contributed by atoms with Crippen LogP contribution in [0.1, 0.15) is 40.4 Å². The largest absolute Gasteiger partial charge is 0.464 e. The summed E-state index contributed by atoms with van der Waals surface area (Å²) in [5.41, 5.74) is 3.16. The minimum Gasteiger partial charge on any atom is -0.464 e. The molecule has 0 N–H and O–H groups in total. The van der Waals surface area contributed by atoms with Crippen LogP contribution in [0.4, 0.5) is 4.79 Å². The summed E-state index contributed by atoms with van der Waals surface area (Å²) in [6.45, 7) is 5.58. The second-order valence-electron chi connectivity index (χ2n) is 8.30. The van der Waals surface area contributed by atoms with Gasteiger partial charge < -0.3 is 14.3 Å². The fraction of sp³-hybridized carbons (Fsp3) is 0.385. The van der Waals surface area contributed by atoms with Crippen LogP contribution in [-0.4, -0.2) is 48.2 Å². The molecule has 0 aliphatic carbocycles. The van der Waals surface area contributed by atoms with Crippen LogP contribution in [0.5, 0.6) is 0 Å². The van der Waals surface area contributed by atoms with E-state index in [1.807, 2.05) is 50.2 Å². The minimum atomic E-state index is -1.07. The topological polar surface area (TPSA) is 90.0 Å². The molecule has 7 heteroatoms. The van der Waals surface area contributed by atoms with Crippen molar-refractivity contribution in [1.29, 1.82) is 0 Å². The summed E-state index contributed by atoms with van der Waals surface area (Å²) >= 11 is 0. The molecule has 1 aliphatic rings. The molecule has 0 saturated carbocycles. The first kappa shape index (κ1) is 24.2. The molecule has 0 spiro atoms. The number of carbonyl (C=O) groups excluding carboxylic acids is 4. The number of Topliss-reactive ketones (excluding diaryl/α,β-unsaturated/α-hetero) is 1. The highest BCUT2D eigenvalue weighted by Gasteiger charge is 2.51. The Morgan fingerprint density at radius 2 is 1.70 bits per heavy atom. The molecule has 0 radical (unpaired) electrons. The smallest absolute Gasteiger partial charge is 0.410 e. The van der Waals surface area contributed by atoms with Crippen molar-refractivity contribution in [2.45, 2.75) is 39.8 Å². The molecule has 1 fully saturated rings. The van der Waals surface area contributed by atoms with Gasteiger partial charge in [0.1, 0.15) is 18.9 Å². The molecule has 0 aromatic heterocycles. The molecule has 174 valence electrons. The van der Waals surface area contributed by atoms with Crippen molar-refractivity contribution in [1.82, 2.24) is 4.90 Å². The number of ketones is 1. The van der Waals surface area contributed by atoms with E-state index in [0.717, 1.165) is 16.7 Å². The van der Waals surface area contributed by atoms with Crippen LogP contribution in [0.2, 0.25) is 0 Å². The third-order valence-corrected chi connectivity index (χ3v) is 5.83. The monoisotopic (exact) mass is 451 g/mol. The first-order chi connectivity index (χ1) is 15.8. The third kappa shape index (κ3) is 5.66. The summed E-state index contributed by atoms with van der Waals surface area (Å²) in [4.78, 5) is 52.0. The number of rotatable bonds is 8. The third-order valence-electron chi connectivity index (χ3n) is 5.83. The zero-order valence-electron chi connectivity index (χ0n) is 19.2. The van der Waals surface area contributed by atoms with Gasteiger partial charge in [0.15, 0.2) is 5.78 Å². The molecule has 0 bridgehead atoms. The molecule has 2 aromatic carbocycles. The highest BCUT2D eigenvalue weighted by atomic mass is 16.6. The van der Waals surface area contributed by atoms with Gasteiger partial charge in [-0.05, 0) is 38.5 Å². The molecule has 33 heavy (non-hydrogen) atoms. The van der Waals surface area contributed by atoms with Crippen molar-refractivity contribution in [3.05, 3.63) is 70.8 Å². The number of ether oxygens (including phenoxy) is 2. The molecular formula is C26H29NO6. The fourth-order valence-electron chi connectivity index (χ4n) is 4.44. The van der Waals surface area contributed by atoms with Crippen molar-refractivity contribution in [2.24, 2.45) is 11.8 Å². The van der Waals surface area contributed by atoms with Crippen LogP contribution in [0.15, 0.2) is 48.5 Å². The number of amides is 1. The van der Waals surface area contributed by atoms with E-state index in [2.05, 4.69) is 0 Å². The lowest BCUT2D eigenvalue weighted by molar-refractivity contribution is -0.149. The summed E-state index contributed by atoms with van der Waals surface area (Å²) < 4.78 is 10.7. The molecule has 1 aliphatic heterocycles. The normalized spacial score (nSPS) is 19.7. The van der Waals surface area contributed by atoms with Gasteiger partial charge in [-0.3, -0.25) is 9.69 Å². The minimum absolute atomic E-state index is 0.0264. The second kappa shape index (κ2) is 10.9. The van der Waals surface area contributed by atoms with Gasteiger partial charge >= 0.3 is 12.1 Å². The summed E-state index contributed by atoms with van der Waals surface area (Å²) in [6.07, 6.45) is -0.0894. The molecule has 1 saturated heterocycles. The van der Waals surface area contributed by atoms with Crippen molar-refractivity contribution in [3.8, 4) is 0 Å². The van der Waals surface area contributed by atoms with Gasteiger partial charge in [-0.25, -0.2) is 9.59 Å². The predicted octanol–water partition coefficient (Wildman–Crippen LogP) is 3.89. The van der Waals surface area contributed by atoms with Gasteiger partial charge in [0.2, 0.25) is 0 Å². The van der Waals surface area contributed by atoms with E-state index < -0.39 is 29.9 Å². The maximum Gasteiger partial charge on any atom is 0.410 e. The van der Waals surface area contributed by atoms with E-state index >= 15 is 0 Å². The summed E-state index contributed by atoms with van der Waals surface area (Å²) in [6, 6.07) is 13.6. The lowest BCUT2D eigenvalue weighted by Gasteiger charge is -2.25. The van der Waals surface area contributed by atoms with Gasteiger partial charge in [-0.1, -0.05) is 47.5 Å². The number of likely N-dealkylation sites (tertiary alicyclic amines) is 1. The Hall–Kier alpha value is -3.48. The SMILES string of the molecule is CCOC(=O)[C@@H]1[C@@H](CC=O)[C@@H](C(=O)c2cc(C)cc(C)c2)CN1C(=O)OCc1ccccc1. The van der Waals surface area contributed by atoms with Crippen molar-refractivity contribution in [3.63, 3.8) is 0 Å². The number of carbonyl (C=O) groups is 4. The van der Waals surface area contributed by atoms with Crippen LogP contribution in [-0.2, 0) is 25.7 Å². The Morgan fingerprint density at radius 3 is 2.30 bits per heavy atom. The fourth-order valence-corrected chi connectivity index (χ4v) is 4.44. The Bertz CT molecular complexity index is 998. The van der Waals surface area contributed by atoms with Crippen LogP contribution >= 0.6 is 0 Å². The average Bonchev–Trinajstić information content (AvgIpc) is 3.17. The Labute approximate surface area is 193 Å². The Balaban J connectivity index is 1.90. The van der Waals surface area contributed by atoms with E-state index in [9.17, 15) is 19.2 Å². The van der Waals surface area contributed by atoms with Crippen LogP contribution in [0.25, 0.3) is 0 Å². The van der Waals surface area contributed by atoms with Gasteiger partial charge in [-0.15, -0.1) is 0 Å². The maximum atomic E-state index is 13.5. The summed E-state index contributed by atoms with van der Waals surface area (Å²) in [5, 5.41) is 0. The van der Waals surface area contributed by atoms with E-state index in [0.29, 0.717) is 11.8 Å². The molecule has 1 amide bonds. The van der Waals surface area contributed by atoms with Gasteiger partial charge in [0.05, 0.1) is 6.61 Å². The molecule has 1 heterocycles. The highest BCUT2D eigenvalue weighted by molar-refractivity contribution is 6.00. The summed E-state index contributed by atoms with van der Waals surface area (Å²) in [5.74, 6) is -2.27. The van der Waals surface area contributed by atoms with Gasteiger partial charge in [0, 0.05) is 30.4 Å². The Kier molecular flexibility index (Phi) is 7.98. The summed E-state index contributed by atoms with van der Waals surface area (Å²) in [7, 11) is 0. The van der Waals surface area contributed by atoms with Crippen LogP contribution < -0.4 is 0 Å². The molecule has 3 atom stereocenters. The number of aldehydes is 1. The zero-order valence-corrected chi connectivity index (χ0v) is 19.2. The lowest BCUT2D eigenvalue weighted by Crippen LogP contribution is -2.44. The second-order valence-corrected chi connectivity index (χ2v) is 8.30. The molecular weight excluding hydrogens is 422 g/mol. The van der Waals surface area contributed by atoms with E-state index in [1.165, 1.54) is 4.90 Å². The maximum absolute atomic E-state index is 13.5. The average molecular weight is 452 g/mol. The Morgan fingerprint density at radius 1 is 1.03 bits per heavy atom. The zero-order chi connectivity index (χ0) is 24.0. The number of benzene rings is 2. The first-order valence-electron chi connectivity index (χ1n) is 11.1. The van der Waals surface area contributed by atoms with Crippen molar-refractivity contribution >= 4 is 24.1 Å². The number of esters is 1. The van der Waals surface area contributed by atoms with E-state index in [4.69, 9.17) is 9.47 Å². The predicted molar refractivity (Wildman–Crippen MR) is 122 cm³/mol. The number of aryl methyl sites for hydroxylation is 2. The number of nitrogens with zero attached hydrogens (tertiary/aromatic N) is 1. The number of hydrogen-bond acceptors (Lipinski definition) is 6. The van der Waals surface area contributed by atoms with E-state index in [1.54, 1.807) is 19.1 Å². The first-order valence-corrected chi connectivity index (χ1v) is 11.1. The number of hydrogen-bond donors (Lipinski definition) is 0. The van der Waals surface area contributed by atoms with Crippen LogP contribution in [0.3, 0.4) is 0 Å². The lowest BCUT2D eigenvalue weighted by atomic mass is 9.82. The molecule has 0 unspecified atom stereocenters. The van der Waals surface area contributed by atoms with Gasteiger partial charge in [0.25, 0.3) is 0 Å². The standard InChI is InChI=1S/C26H29NO6/c1-4-32-25(30)23-21(10-11-28)22(24(29)20-13-17(2)12-18(3)14-20)15-27(23)26(31)33-16-19-8-6-5-7-9-19/h5-9,11-14,21-23H,4,10,15-16H2,1-3H3/t21-,22-,23-/m0/s1. The molecule has 7 nitrogen and oxygen atoms in total. The molecule has 2 aromatic rings. The van der Waals surface area contributed by atoms with Crippen molar-refractivity contribution < 1.29 is 28.7 Å². The van der Waals surface area contributed by atoms with Crippen LogP contribution in [0, 0.1) is 25.7 Å². The highest BCUT2D eigenvalue weighted by Crippen LogP contribution is 2.36. The van der Waals surface area contributed by atoms with Gasteiger partial charge in [-0.2, -0.15) is 0 Å². The van der Waals surface area contributed by atoms with E-state index in [-0.39, 0.29) is 32.0 Å². The van der Waals surface area contributed by atoms with Crippen molar-refractivity contribution in [2.75, 3.05) is 13.2 Å². The molecule has 3 rings (SSSR count).